The Morgan fingerprint density at radius 1 is 0.919 bits per heavy atom. The number of benzene rings is 2. The average Bonchev–Trinajstić information content (AvgIpc) is 3.28. The molecule has 3 rings (SSSR count). The smallest absolute Gasteiger partial charge is 0.308 e. The van der Waals surface area contributed by atoms with Crippen molar-refractivity contribution in [1.29, 1.82) is 0 Å². The van der Waals surface area contributed by atoms with Gasteiger partial charge in [0.15, 0.2) is 0 Å². The van der Waals surface area contributed by atoms with E-state index < -0.39 is 13.9 Å². The Balaban J connectivity index is 1.59. The Hall–Kier alpha value is -1.99. The van der Waals surface area contributed by atoms with Gasteiger partial charge in [0.1, 0.15) is 5.60 Å². The first-order valence-electron chi connectivity index (χ1n) is 13.8. The fourth-order valence-electron chi connectivity index (χ4n) is 5.38. The van der Waals surface area contributed by atoms with Gasteiger partial charge in [-0.25, -0.2) is 0 Å². The minimum Gasteiger partial charge on any atom is -0.460 e. The molecule has 37 heavy (non-hydrogen) atoms. The van der Waals surface area contributed by atoms with Crippen LogP contribution in [0.1, 0.15) is 67.2 Å². The van der Waals surface area contributed by atoms with Crippen LogP contribution < -0.4 is 10.4 Å². The molecule has 0 bridgehead atoms. The molecule has 0 amide bonds. The molecule has 0 radical (unpaired) electrons. The van der Waals surface area contributed by atoms with E-state index in [4.69, 9.17) is 13.9 Å². The van der Waals surface area contributed by atoms with E-state index in [-0.39, 0.29) is 11.0 Å². The summed E-state index contributed by atoms with van der Waals surface area (Å²) in [5, 5.41) is 2.65. The van der Waals surface area contributed by atoms with Gasteiger partial charge in [0.05, 0.1) is 19.6 Å². The predicted molar refractivity (Wildman–Crippen MR) is 154 cm³/mol. The summed E-state index contributed by atoms with van der Waals surface area (Å²) < 4.78 is 18.3. The molecular weight excluding hydrogens is 478 g/mol. The largest absolute Gasteiger partial charge is 0.460 e. The SMILES string of the molecule is CC(C)(C)OC(=O)CCOCCCN1CCC[C@H]1CO[Si](c1ccccc1)(c1ccccc1)C(C)(C)C. The summed E-state index contributed by atoms with van der Waals surface area (Å²) in [6, 6.07) is 22.2. The van der Waals surface area contributed by atoms with Gasteiger partial charge < -0.3 is 13.9 Å². The lowest BCUT2D eigenvalue weighted by Crippen LogP contribution is -2.67. The molecule has 0 aromatic heterocycles. The first kappa shape index (κ1) is 29.6. The summed E-state index contributed by atoms with van der Waals surface area (Å²) in [5.41, 5.74) is -0.446. The predicted octanol–water partition coefficient (Wildman–Crippen LogP) is 5.17. The third-order valence-corrected chi connectivity index (χ3v) is 12.0. The van der Waals surface area contributed by atoms with E-state index in [2.05, 4.69) is 86.3 Å². The molecule has 0 aliphatic carbocycles. The summed E-state index contributed by atoms with van der Waals surface area (Å²) in [6.45, 7) is 16.6. The molecule has 1 heterocycles. The van der Waals surface area contributed by atoms with Crippen molar-refractivity contribution in [1.82, 2.24) is 4.90 Å². The molecular formula is C31H47NO4Si. The Labute approximate surface area is 225 Å². The van der Waals surface area contributed by atoms with Crippen molar-refractivity contribution in [3.63, 3.8) is 0 Å². The number of hydrogen-bond donors (Lipinski definition) is 0. The quantitative estimate of drug-likeness (QED) is 0.217. The fourth-order valence-corrected chi connectivity index (χ4v) is 9.98. The van der Waals surface area contributed by atoms with E-state index in [1.807, 2.05) is 20.8 Å². The lowest BCUT2D eigenvalue weighted by molar-refractivity contribution is -0.156. The van der Waals surface area contributed by atoms with Crippen molar-refractivity contribution < 1.29 is 18.7 Å². The van der Waals surface area contributed by atoms with Gasteiger partial charge in [-0.2, -0.15) is 0 Å². The maximum absolute atomic E-state index is 11.9. The van der Waals surface area contributed by atoms with Crippen LogP contribution in [-0.2, 0) is 18.7 Å². The lowest BCUT2D eigenvalue weighted by Gasteiger charge is -2.44. The zero-order valence-electron chi connectivity index (χ0n) is 23.8. The van der Waals surface area contributed by atoms with E-state index in [9.17, 15) is 4.79 Å². The number of carbonyl (C=O) groups excluding carboxylic acids is 1. The van der Waals surface area contributed by atoms with Gasteiger partial charge in [-0.05, 0) is 62.0 Å². The molecule has 2 aromatic rings. The van der Waals surface area contributed by atoms with Crippen LogP contribution >= 0.6 is 0 Å². The van der Waals surface area contributed by atoms with Crippen LogP contribution in [0.4, 0.5) is 0 Å². The molecule has 204 valence electrons. The van der Waals surface area contributed by atoms with Gasteiger partial charge in [0.25, 0.3) is 8.32 Å². The number of nitrogens with zero attached hydrogens (tertiary/aromatic N) is 1. The van der Waals surface area contributed by atoms with Crippen molar-refractivity contribution in [2.45, 2.75) is 83.9 Å². The van der Waals surface area contributed by atoms with Crippen LogP contribution in [0.5, 0.6) is 0 Å². The van der Waals surface area contributed by atoms with Crippen LogP contribution in [0.25, 0.3) is 0 Å². The number of esters is 1. The number of rotatable bonds is 12. The van der Waals surface area contributed by atoms with Crippen molar-refractivity contribution in [3.05, 3.63) is 60.7 Å². The van der Waals surface area contributed by atoms with Crippen molar-refractivity contribution >= 4 is 24.7 Å². The lowest BCUT2D eigenvalue weighted by atomic mass is 10.2. The summed E-state index contributed by atoms with van der Waals surface area (Å²) in [4.78, 5) is 14.4. The normalized spacial score (nSPS) is 17.2. The molecule has 1 aliphatic rings. The first-order valence-corrected chi connectivity index (χ1v) is 15.7. The monoisotopic (exact) mass is 525 g/mol. The molecule has 0 saturated carbocycles. The van der Waals surface area contributed by atoms with Gasteiger partial charge in [-0.1, -0.05) is 81.4 Å². The third kappa shape index (κ3) is 8.24. The molecule has 0 spiro atoms. The third-order valence-electron chi connectivity index (χ3n) is 7.01. The zero-order chi connectivity index (χ0) is 26.9. The Kier molecular flexibility index (Phi) is 10.5. The minimum atomic E-state index is -2.52. The van der Waals surface area contributed by atoms with E-state index in [0.717, 1.165) is 32.5 Å². The van der Waals surface area contributed by atoms with Gasteiger partial charge in [0.2, 0.25) is 0 Å². The molecule has 1 fully saturated rings. The topological polar surface area (TPSA) is 48.0 Å². The van der Waals surface area contributed by atoms with Crippen molar-refractivity contribution in [2.24, 2.45) is 0 Å². The molecule has 1 aliphatic heterocycles. The second-order valence-corrected chi connectivity index (χ2v) is 16.4. The average molecular weight is 526 g/mol. The standard InChI is InChI=1S/C31H47NO4Si/c1-30(2,3)36-29(33)20-24-34-23-14-22-32-21-13-15-26(32)25-35-37(31(4,5)6,27-16-9-7-10-17-27)28-18-11-8-12-19-28/h7-12,16-19,26H,13-15,20-25H2,1-6H3/t26-/m0/s1. The summed E-state index contributed by atoms with van der Waals surface area (Å²) in [5.74, 6) is -0.201. The summed E-state index contributed by atoms with van der Waals surface area (Å²) in [6.07, 6.45) is 3.62. The van der Waals surface area contributed by atoms with Crippen molar-refractivity contribution in [2.75, 3.05) is 32.9 Å². The number of likely N-dealkylation sites (tertiary alicyclic amines) is 1. The number of carbonyl (C=O) groups is 1. The van der Waals surface area contributed by atoms with Crippen LogP contribution in [0, 0.1) is 0 Å². The van der Waals surface area contributed by atoms with Crippen molar-refractivity contribution in [3.8, 4) is 0 Å². The van der Waals surface area contributed by atoms with Crippen LogP contribution in [0.3, 0.4) is 0 Å². The van der Waals surface area contributed by atoms with E-state index in [1.165, 1.54) is 16.8 Å². The highest BCUT2D eigenvalue weighted by Gasteiger charge is 2.50. The summed E-state index contributed by atoms with van der Waals surface area (Å²) in [7, 11) is -2.52. The van der Waals surface area contributed by atoms with Gasteiger partial charge in [0, 0.05) is 19.2 Å². The molecule has 1 saturated heterocycles. The van der Waals surface area contributed by atoms with Gasteiger partial charge in [-0.3, -0.25) is 9.69 Å². The summed E-state index contributed by atoms with van der Waals surface area (Å²) >= 11 is 0. The van der Waals surface area contributed by atoms with E-state index in [0.29, 0.717) is 25.7 Å². The highest BCUT2D eigenvalue weighted by molar-refractivity contribution is 6.99. The highest BCUT2D eigenvalue weighted by Crippen LogP contribution is 2.37. The molecule has 1 atom stereocenters. The number of hydrogen-bond acceptors (Lipinski definition) is 5. The van der Waals surface area contributed by atoms with Gasteiger partial charge >= 0.3 is 5.97 Å². The first-order chi connectivity index (χ1) is 17.5. The Morgan fingerprint density at radius 3 is 2.05 bits per heavy atom. The second-order valence-electron chi connectivity index (χ2n) is 12.1. The second kappa shape index (κ2) is 13.2. The fraction of sp³-hybridized carbons (Fsp3) is 0.581. The Bertz CT molecular complexity index is 913. The highest BCUT2D eigenvalue weighted by atomic mass is 28.4. The van der Waals surface area contributed by atoms with Crippen LogP contribution in [0.2, 0.25) is 5.04 Å². The van der Waals surface area contributed by atoms with E-state index >= 15 is 0 Å². The molecule has 5 nitrogen and oxygen atoms in total. The Morgan fingerprint density at radius 2 is 1.51 bits per heavy atom. The molecule has 2 aromatic carbocycles. The van der Waals surface area contributed by atoms with Crippen LogP contribution in [0.15, 0.2) is 60.7 Å². The van der Waals surface area contributed by atoms with Gasteiger partial charge in [-0.15, -0.1) is 0 Å². The molecule has 0 unspecified atom stereocenters. The maximum Gasteiger partial charge on any atom is 0.308 e. The zero-order valence-corrected chi connectivity index (χ0v) is 24.8. The van der Waals surface area contributed by atoms with E-state index in [1.54, 1.807) is 0 Å². The maximum atomic E-state index is 11.9. The molecule has 0 N–H and O–H groups in total. The molecule has 6 heteroatoms. The number of ether oxygens (including phenoxy) is 2. The van der Waals surface area contributed by atoms with Crippen LogP contribution in [-0.4, -0.2) is 63.7 Å². The minimum absolute atomic E-state index is 0.0128.